The van der Waals surface area contributed by atoms with Gasteiger partial charge in [-0.25, -0.2) is 18.0 Å². The molecule has 1 aliphatic heterocycles. The smallest absolute Gasteiger partial charge is 0.337 e. The van der Waals surface area contributed by atoms with Gasteiger partial charge in [-0.05, 0) is 6.92 Å². The molecule has 104 valence electrons. The van der Waals surface area contributed by atoms with Crippen molar-refractivity contribution in [3.8, 4) is 0 Å². The molecule has 9 heteroatoms. The summed E-state index contributed by atoms with van der Waals surface area (Å²) < 4.78 is 22.3. The Kier molecular flexibility index (Phi) is 4.17. The topological polar surface area (TPSA) is 124 Å². The van der Waals surface area contributed by atoms with Crippen molar-refractivity contribution in [3.05, 3.63) is 0 Å². The summed E-state index contributed by atoms with van der Waals surface area (Å²) in [7, 11) is -3.07. The minimum Gasteiger partial charge on any atom is -0.479 e. The molecule has 0 aromatic rings. The first-order valence-corrected chi connectivity index (χ1v) is 7.15. The quantitative estimate of drug-likeness (QED) is 0.564. The maximum atomic E-state index is 11.6. The summed E-state index contributed by atoms with van der Waals surface area (Å²) in [6.45, 7) is 0.771. The third kappa shape index (κ3) is 3.84. The fourth-order valence-corrected chi connectivity index (χ4v) is 2.55. The SMILES string of the molecule is CC(O)(CNC(=O)N1CCS(=O)(=O)CC1)C(=O)O. The van der Waals surface area contributed by atoms with Crippen molar-refractivity contribution in [1.82, 2.24) is 10.2 Å². The number of amides is 2. The summed E-state index contributed by atoms with van der Waals surface area (Å²) in [5.74, 6) is -1.64. The van der Waals surface area contributed by atoms with Crippen LogP contribution in [0.4, 0.5) is 4.79 Å². The highest BCUT2D eigenvalue weighted by Gasteiger charge is 2.32. The van der Waals surface area contributed by atoms with E-state index in [0.717, 1.165) is 6.92 Å². The molecule has 0 saturated carbocycles. The molecule has 18 heavy (non-hydrogen) atoms. The van der Waals surface area contributed by atoms with E-state index in [1.807, 2.05) is 0 Å². The number of carboxylic acid groups (broad SMARTS) is 1. The molecule has 1 aliphatic rings. The zero-order valence-corrected chi connectivity index (χ0v) is 10.7. The number of urea groups is 1. The fourth-order valence-electron chi connectivity index (χ4n) is 1.35. The van der Waals surface area contributed by atoms with Crippen molar-refractivity contribution in [3.63, 3.8) is 0 Å². The van der Waals surface area contributed by atoms with Crippen molar-refractivity contribution in [2.24, 2.45) is 0 Å². The number of nitrogens with zero attached hydrogens (tertiary/aromatic N) is 1. The molecule has 3 N–H and O–H groups in total. The van der Waals surface area contributed by atoms with Crippen LogP contribution in [0.5, 0.6) is 0 Å². The largest absolute Gasteiger partial charge is 0.479 e. The van der Waals surface area contributed by atoms with Crippen LogP contribution in [-0.4, -0.2) is 72.3 Å². The van der Waals surface area contributed by atoms with Crippen LogP contribution in [0.1, 0.15) is 6.92 Å². The Morgan fingerprint density at radius 2 is 1.83 bits per heavy atom. The Hall–Kier alpha value is -1.35. The van der Waals surface area contributed by atoms with Gasteiger partial charge in [-0.1, -0.05) is 0 Å². The maximum absolute atomic E-state index is 11.6. The summed E-state index contributed by atoms with van der Waals surface area (Å²) in [5, 5.41) is 20.3. The van der Waals surface area contributed by atoms with E-state index >= 15 is 0 Å². The van der Waals surface area contributed by atoms with Crippen LogP contribution in [0.2, 0.25) is 0 Å². The Morgan fingerprint density at radius 3 is 2.28 bits per heavy atom. The molecule has 1 atom stereocenters. The lowest BCUT2D eigenvalue weighted by molar-refractivity contribution is -0.155. The number of aliphatic hydroxyl groups is 1. The van der Waals surface area contributed by atoms with E-state index < -0.39 is 34.0 Å². The van der Waals surface area contributed by atoms with Crippen molar-refractivity contribution in [2.75, 3.05) is 31.1 Å². The van der Waals surface area contributed by atoms with E-state index in [1.165, 1.54) is 4.90 Å². The molecule has 1 heterocycles. The van der Waals surface area contributed by atoms with Crippen LogP contribution in [-0.2, 0) is 14.6 Å². The Labute approximate surface area is 104 Å². The van der Waals surface area contributed by atoms with Gasteiger partial charge in [-0.3, -0.25) is 0 Å². The minimum atomic E-state index is -3.07. The predicted octanol–water partition coefficient (Wildman–Crippen LogP) is -1.74. The van der Waals surface area contributed by atoms with Crippen LogP contribution in [0.3, 0.4) is 0 Å². The molecule has 0 aromatic heterocycles. The monoisotopic (exact) mass is 280 g/mol. The highest BCUT2D eigenvalue weighted by molar-refractivity contribution is 7.91. The summed E-state index contributed by atoms with van der Waals surface area (Å²) in [6.07, 6.45) is 0. The third-order valence-electron chi connectivity index (χ3n) is 2.68. The van der Waals surface area contributed by atoms with Gasteiger partial charge in [-0.15, -0.1) is 0 Å². The zero-order chi connectivity index (χ0) is 14.0. The summed E-state index contributed by atoms with van der Waals surface area (Å²) in [5.41, 5.74) is -2.04. The summed E-state index contributed by atoms with van der Waals surface area (Å²) in [4.78, 5) is 23.5. The predicted molar refractivity (Wildman–Crippen MR) is 61.9 cm³/mol. The van der Waals surface area contributed by atoms with Crippen LogP contribution in [0.25, 0.3) is 0 Å². The zero-order valence-electron chi connectivity index (χ0n) is 9.92. The number of carboxylic acids is 1. The summed E-state index contributed by atoms with van der Waals surface area (Å²) >= 11 is 0. The van der Waals surface area contributed by atoms with E-state index in [-0.39, 0.29) is 24.6 Å². The Morgan fingerprint density at radius 1 is 1.33 bits per heavy atom. The number of hydrogen-bond acceptors (Lipinski definition) is 5. The fraction of sp³-hybridized carbons (Fsp3) is 0.778. The summed E-state index contributed by atoms with van der Waals surface area (Å²) in [6, 6.07) is -0.577. The van der Waals surface area contributed by atoms with Gasteiger partial charge < -0.3 is 20.4 Å². The molecule has 1 saturated heterocycles. The molecule has 2 amide bonds. The second kappa shape index (κ2) is 5.11. The van der Waals surface area contributed by atoms with Crippen molar-refractivity contribution in [1.29, 1.82) is 0 Å². The molecule has 0 aliphatic carbocycles. The van der Waals surface area contributed by atoms with Gasteiger partial charge in [0.1, 0.15) is 0 Å². The van der Waals surface area contributed by atoms with E-state index in [2.05, 4.69) is 5.32 Å². The van der Waals surface area contributed by atoms with E-state index in [1.54, 1.807) is 0 Å². The van der Waals surface area contributed by atoms with Crippen molar-refractivity contribution >= 4 is 21.8 Å². The number of carbonyl (C=O) groups excluding carboxylic acids is 1. The Balaban J connectivity index is 2.46. The Bertz CT molecular complexity index is 430. The van der Waals surface area contributed by atoms with Gasteiger partial charge in [0.05, 0.1) is 18.1 Å². The van der Waals surface area contributed by atoms with E-state index in [0.29, 0.717) is 0 Å². The second-order valence-electron chi connectivity index (χ2n) is 4.38. The van der Waals surface area contributed by atoms with Gasteiger partial charge in [0, 0.05) is 13.1 Å². The van der Waals surface area contributed by atoms with Gasteiger partial charge in [-0.2, -0.15) is 0 Å². The minimum absolute atomic E-state index is 0.0728. The maximum Gasteiger partial charge on any atom is 0.337 e. The van der Waals surface area contributed by atoms with Crippen molar-refractivity contribution < 1.29 is 28.2 Å². The second-order valence-corrected chi connectivity index (χ2v) is 6.68. The average molecular weight is 280 g/mol. The molecule has 1 fully saturated rings. The molecule has 1 rings (SSSR count). The van der Waals surface area contributed by atoms with Gasteiger partial charge in [0.15, 0.2) is 15.4 Å². The molecule has 1 unspecified atom stereocenters. The number of hydrogen-bond donors (Lipinski definition) is 3. The lowest BCUT2D eigenvalue weighted by Gasteiger charge is -2.28. The van der Waals surface area contributed by atoms with Crippen molar-refractivity contribution in [2.45, 2.75) is 12.5 Å². The number of sulfone groups is 1. The first-order valence-electron chi connectivity index (χ1n) is 5.33. The molecule has 0 radical (unpaired) electrons. The number of nitrogens with one attached hydrogen (secondary N) is 1. The van der Waals surface area contributed by atoms with Gasteiger partial charge >= 0.3 is 12.0 Å². The molecular formula is C9H16N2O6S. The standard InChI is InChI=1S/C9H16N2O6S/c1-9(15,7(12)13)6-10-8(14)11-2-4-18(16,17)5-3-11/h15H,2-6H2,1H3,(H,10,14)(H,12,13). The van der Waals surface area contributed by atoms with Gasteiger partial charge in [0.2, 0.25) is 0 Å². The lowest BCUT2D eigenvalue weighted by atomic mass is 10.1. The van der Waals surface area contributed by atoms with E-state index in [9.17, 15) is 23.1 Å². The number of rotatable bonds is 3. The molecule has 8 nitrogen and oxygen atoms in total. The molecule has 0 spiro atoms. The highest BCUT2D eigenvalue weighted by atomic mass is 32.2. The average Bonchev–Trinajstić information content (AvgIpc) is 2.25. The van der Waals surface area contributed by atoms with Crippen LogP contribution in [0, 0.1) is 0 Å². The molecule has 0 aromatic carbocycles. The lowest BCUT2D eigenvalue weighted by Crippen LogP contribution is -2.53. The highest BCUT2D eigenvalue weighted by Crippen LogP contribution is 2.05. The van der Waals surface area contributed by atoms with Crippen LogP contribution < -0.4 is 5.32 Å². The first kappa shape index (κ1) is 14.7. The van der Waals surface area contributed by atoms with E-state index in [4.69, 9.17) is 5.11 Å². The van der Waals surface area contributed by atoms with Crippen LogP contribution in [0.15, 0.2) is 0 Å². The number of aliphatic carboxylic acids is 1. The van der Waals surface area contributed by atoms with Crippen LogP contribution >= 0.6 is 0 Å². The first-order chi connectivity index (χ1) is 8.14. The number of carbonyl (C=O) groups is 2. The third-order valence-corrected chi connectivity index (χ3v) is 4.29. The van der Waals surface area contributed by atoms with Gasteiger partial charge in [0.25, 0.3) is 0 Å². The molecular weight excluding hydrogens is 264 g/mol. The molecule has 0 bridgehead atoms. The normalized spacial score (nSPS) is 22.0.